The number of amides is 3. The Kier molecular flexibility index (Phi) is 8.25. The van der Waals surface area contributed by atoms with Crippen LogP contribution in [-0.2, 0) is 19.1 Å². The molecule has 1 aliphatic heterocycles. The lowest BCUT2D eigenvalue weighted by Crippen LogP contribution is -2.49. The van der Waals surface area contributed by atoms with Gasteiger partial charge in [0.1, 0.15) is 5.75 Å². The Labute approximate surface area is 165 Å². The van der Waals surface area contributed by atoms with E-state index in [0.29, 0.717) is 44.8 Å². The van der Waals surface area contributed by atoms with Crippen LogP contribution in [0.2, 0.25) is 0 Å². The summed E-state index contributed by atoms with van der Waals surface area (Å²) in [7, 11) is 3.16. The molecule has 3 amide bonds. The molecule has 1 fully saturated rings. The summed E-state index contributed by atoms with van der Waals surface area (Å²) < 4.78 is 10.7. The van der Waals surface area contributed by atoms with Gasteiger partial charge in [-0.05, 0) is 12.5 Å². The summed E-state index contributed by atoms with van der Waals surface area (Å²) in [5.41, 5.74) is 0.802. The Hall–Kier alpha value is -2.61. The van der Waals surface area contributed by atoms with E-state index in [0.717, 1.165) is 5.56 Å². The first kappa shape index (κ1) is 21.7. The summed E-state index contributed by atoms with van der Waals surface area (Å²) in [4.78, 5) is 38.3. The first-order chi connectivity index (χ1) is 13.5. The smallest absolute Gasteiger partial charge is 0.225 e. The van der Waals surface area contributed by atoms with Crippen molar-refractivity contribution < 1.29 is 23.9 Å². The molecule has 2 rings (SSSR count). The van der Waals surface area contributed by atoms with E-state index < -0.39 is 12.0 Å². The minimum Gasteiger partial charge on any atom is -0.496 e. The van der Waals surface area contributed by atoms with Crippen molar-refractivity contribution in [2.75, 3.05) is 40.5 Å². The normalized spacial score (nSPS) is 19.2. The van der Waals surface area contributed by atoms with E-state index >= 15 is 0 Å². The van der Waals surface area contributed by atoms with Gasteiger partial charge in [0.25, 0.3) is 0 Å². The van der Waals surface area contributed by atoms with Crippen molar-refractivity contribution in [3.63, 3.8) is 0 Å². The second-order valence-corrected chi connectivity index (χ2v) is 6.69. The number of likely N-dealkylation sites (tertiary alicyclic amines) is 1. The molecule has 0 unspecified atom stereocenters. The Balaban J connectivity index is 2.26. The van der Waals surface area contributed by atoms with Gasteiger partial charge >= 0.3 is 0 Å². The van der Waals surface area contributed by atoms with Crippen molar-refractivity contribution in [2.45, 2.75) is 25.8 Å². The summed E-state index contributed by atoms with van der Waals surface area (Å²) >= 11 is 0. The number of rotatable bonds is 9. The van der Waals surface area contributed by atoms with Crippen LogP contribution >= 0.6 is 0 Å². The number of methoxy groups -OCH3 is 2. The van der Waals surface area contributed by atoms with Crippen LogP contribution in [0, 0.1) is 5.92 Å². The van der Waals surface area contributed by atoms with Gasteiger partial charge in [0.2, 0.25) is 17.7 Å². The zero-order chi connectivity index (χ0) is 20.5. The number of hydrogen-bond donors (Lipinski definition) is 2. The molecule has 0 saturated carbocycles. The fourth-order valence-electron chi connectivity index (χ4n) is 3.53. The van der Waals surface area contributed by atoms with Crippen molar-refractivity contribution in [2.24, 2.45) is 5.92 Å². The Morgan fingerprint density at radius 1 is 1.18 bits per heavy atom. The van der Waals surface area contributed by atoms with Crippen LogP contribution < -0.4 is 15.4 Å². The minimum absolute atomic E-state index is 0.00440. The number of carbonyl (C=O) groups is 3. The molecule has 154 valence electrons. The summed E-state index contributed by atoms with van der Waals surface area (Å²) in [6, 6.07) is 7.01. The standard InChI is InChI=1S/C20H29N3O5/c1-14(24)21-10-11-22-20(26)16-8-9-18(25)23(12-13-27-2)19(16)15-6-4-5-7-17(15)28-3/h4-7,16,19H,8-13H2,1-3H3,(H,21,24)(H,22,26)/t16-,19+/m1/s1. The fourth-order valence-corrected chi connectivity index (χ4v) is 3.53. The highest BCUT2D eigenvalue weighted by atomic mass is 16.5. The predicted octanol–water partition coefficient (Wildman–Crippen LogP) is 0.874. The quantitative estimate of drug-likeness (QED) is 0.609. The van der Waals surface area contributed by atoms with Crippen molar-refractivity contribution in [3.05, 3.63) is 29.8 Å². The van der Waals surface area contributed by atoms with Crippen LogP contribution in [0.4, 0.5) is 0 Å². The third kappa shape index (κ3) is 5.45. The SMILES string of the molecule is COCCN1C(=O)CC[C@@H](C(=O)NCCNC(C)=O)[C@@H]1c1ccccc1OC. The molecule has 1 aliphatic rings. The first-order valence-corrected chi connectivity index (χ1v) is 9.43. The van der Waals surface area contributed by atoms with Crippen molar-refractivity contribution in [3.8, 4) is 5.75 Å². The fraction of sp³-hybridized carbons (Fsp3) is 0.550. The third-order valence-electron chi connectivity index (χ3n) is 4.84. The predicted molar refractivity (Wildman–Crippen MR) is 104 cm³/mol. The van der Waals surface area contributed by atoms with Gasteiger partial charge in [0.15, 0.2) is 0 Å². The molecule has 1 heterocycles. The average molecular weight is 391 g/mol. The zero-order valence-corrected chi connectivity index (χ0v) is 16.7. The van der Waals surface area contributed by atoms with Gasteiger partial charge in [-0.1, -0.05) is 18.2 Å². The monoisotopic (exact) mass is 391 g/mol. The molecule has 0 aliphatic carbocycles. The van der Waals surface area contributed by atoms with Crippen molar-refractivity contribution in [1.82, 2.24) is 15.5 Å². The van der Waals surface area contributed by atoms with Gasteiger partial charge in [-0.3, -0.25) is 14.4 Å². The molecule has 0 radical (unpaired) electrons. The molecule has 8 heteroatoms. The number of ether oxygens (including phenoxy) is 2. The summed E-state index contributed by atoms with van der Waals surface area (Å²) in [6.07, 6.45) is 0.760. The van der Waals surface area contributed by atoms with E-state index in [4.69, 9.17) is 9.47 Å². The van der Waals surface area contributed by atoms with Crippen molar-refractivity contribution >= 4 is 17.7 Å². The number of benzene rings is 1. The van der Waals surface area contributed by atoms with E-state index in [1.54, 1.807) is 19.1 Å². The number of piperidine rings is 1. The summed E-state index contributed by atoms with van der Waals surface area (Å²) in [5.74, 6) is -0.0644. The van der Waals surface area contributed by atoms with E-state index in [-0.39, 0.29) is 17.7 Å². The highest BCUT2D eigenvalue weighted by Gasteiger charge is 2.41. The van der Waals surface area contributed by atoms with E-state index in [1.165, 1.54) is 6.92 Å². The molecule has 2 atom stereocenters. The number of carbonyl (C=O) groups excluding carboxylic acids is 3. The van der Waals surface area contributed by atoms with Gasteiger partial charge in [0.05, 0.1) is 25.7 Å². The highest BCUT2D eigenvalue weighted by molar-refractivity contribution is 5.85. The second-order valence-electron chi connectivity index (χ2n) is 6.69. The van der Waals surface area contributed by atoms with E-state index in [9.17, 15) is 14.4 Å². The molecule has 28 heavy (non-hydrogen) atoms. The van der Waals surface area contributed by atoms with Crippen molar-refractivity contribution in [1.29, 1.82) is 0 Å². The third-order valence-corrected chi connectivity index (χ3v) is 4.84. The van der Waals surface area contributed by atoms with Crippen LogP contribution in [0.15, 0.2) is 24.3 Å². The second kappa shape index (κ2) is 10.7. The molecule has 0 spiro atoms. The van der Waals surface area contributed by atoms with Gasteiger partial charge in [-0.2, -0.15) is 0 Å². The minimum atomic E-state index is -0.437. The van der Waals surface area contributed by atoms with Crippen LogP contribution in [0.3, 0.4) is 0 Å². The lowest BCUT2D eigenvalue weighted by Gasteiger charge is -2.41. The zero-order valence-electron chi connectivity index (χ0n) is 16.7. The molecule has 0 aromatic heterocycles. The van der Waals surface area contributed by atoms with Crippen LogP contribution in [0.25, 0.3) is 0 Å². The summed E-state index contributed by atoms with van der Waals surface area (Å²) in [6.45, 7) is 2.90. The van der Waals surface area contributed by atoms with Gasteiger partial charge in [-0.15, -0.1) is 0 Å². The maximum absolute atomic E-state index is 12.9. The Morgan fingerprint density at radius 2 is 1.89 bits per heavy atom. The topological polar surface area (TPSA) is 97.0 Å². The molecule has 0 bridgehead atoms. The largest absolute Gasteiger partial charge is 0.496 e. The highest BCUT2D eigenvalue weighted by Crippen LogP contribution is 2.40. The Bertz CT molecular complexity index is 694. The van der Waals surface area contributed by atoms with E-state index in [1.807, 2.05) is 24.3 Å². The number of para-hydroxylation sites is 1. The molecular formula is C20H29N3O5. The lowest BCUT2D eigenvalue weighted by molar-refractivity contribution is -0.144. The molecular weight excluding hydrogens is 362 g/mol. The number of hydrogen-bond acceptors (Lipinski definition) is 5. The summed E-state index contributed by atoms with van der Waals surface area (Å²) in [5, 5.41) is 5.53. The lowest BCUT2D eigenvalue weighted by atomic mass is 9.83. The molecule has 1 saturated heterocycles. The Morgan fingerprint density at radius 3 is 2.57 bits per heavy atom. The first-order valence-electron chi connectivity index (χ1n) is 9.43. The molecule has 1 aromatic carbocycles. The van der Waals surface area contributed by atoms with Gasteiger partial charge < -0.3 is 25.0 Å². The van der Waals surface area contributed by atoms with Crippen LogP contribution in [0.5, 0.6) is 5.75 Å². The molecule has 2 N–H and O–H groups in total. The molecule has 1 aromatic rings. The van der Waals surface area contributed by atoms with Gasteiger partial charge in [-0.25, -0.2) is 0 Å². The number of nitrogens with zero attached hydrogens (tertiary/aromatic N) is 1. The van der Waals surface area contributed by atoms with Crippen LogP contribution in [-0.4, -0.2) is 63.1 Å². The van der Waals surface area contributed by atoms with Crippen LogP contribution in [0.1, 0.15) is 31.4 Å². The molecule has 8 nitrogen and oxygen atoms in total. The average Bonchev–Trinajstić information content (AvgIpc) is 2.69. The maximum atomic E-state index is 12.9. The van der Waals surface area contributed by atoms with Gasteiger partial charge in [0, 0.05) is 45.7 Å². The van der Waals surface area contributed by atoms with E-state index in [2.05, 4.69) is 10.6 Å². The maximum Gasteiger partial charge on any atom is 0.225 e. The number of nitrogens with one attached hydrogen (secondary N) is 2.